The Morgan fingerprint density at radius 1 is 0.558 bits per heavy atom. The molecular weight excluding hydrogens is 1450 g/mol. The molecule has 6 aromatic carbocycles. The second-order valence-corrected chi connectivity index (χ2v) is 30.7. The Bertz CT molecular complexity index is 4730. The molecule has 34 heteroatoms. The van der Waals surface area contributed by atoms with E-state index in [1.807, 2.05) is 21.9 Å². The number of anilines is 6. The number of ether oxygens (including phenoxy) is 2. The third-order valence-electron chi connectivity index (χ3n) is 17.4. The lowest BCUT2D eigenvalue weighted by atomic mass is 10.0. The predicted molar refractivity (Wildman–Crippen MR) is 396 cm³/mol. The van der Waals surface area contributed by atoms with Crippen molar-refractivity contribution in [1.29, 1.82) is 0 Å². The molecule has 6 heterocycles. The molecule has 2 atom stereocenters. The van der Waals surface area contributed by atoms with Crippen molar-refractivity contribution in [2.24, 2.45) is 5.92 Å². The molecule has 0 bridgehead atoms. The first-order valence-corrected chi connectivity index (χ1v) is 38.5. The Balaban J connectivity index is 0.000000251. The third-order valence-corrected chi connectivity index (χ3v) is 22.5. The number of aliphatic hydroxyl groups excluding tert-OH is 1. The number of piperazine rings is 3. The van der Waals surface area contributed by atoms with Gasteiger partial charge in [-0.15, -0.1) is 24.5 Å². The fraction of sp³-hybridized carbons (Fsp3) is 0.286. The Hall–Kier alpha value is -10.2. The van der Waals surface area contributed by atoms with Crippen LogP contribution in [0.5, 0.6) is 11.5 Å². The van der Waals surface area contributed by atoms with Crippen molar-refractivity contribution >= 4 is 105 Å². The van der Waals surface area contributed by atoms with Crippen LogP contribution in [0, 0.1) is 5.92 Å². The summed E-state index contributed by atoms with van der Waals surface area (Å²) < 4.78 is 129. The van der Waals surface area contributed by atoms with E-state index in [0.29, 0.717) is 93.5 Å². The zero-order valence-corrected chi connectivity index (χ0v) is 59.8. The second kappa shape index (κ2) is 33.5. The predicted octanol–water partition coefficient (Wildman–Crippen LogP) is 10.2. The zero-order valence-electron chi connectivity index (χ0n) is 55.8. The topological polar surface area (TPSA) is 312 Å². The summed E-state index contributed by atoms with van der Waals surface area (Å²) in [5.41, 5.74) is 5.84. The van der Waals surface area contributed by atoms with E-state index in [0.717, 1.165) is 55.1 Å². The molecular formula is C70H82ClF3N14O12S4. The van der Waals surface area contributed by atoms with Crippen molar-refractivity contribution in [1.82, 2.24) is 39.6 Å². The van der Waals surface area contributed by atoms with Crippen LogP contribution in [0.3, 0.4) is 0 Å². The van der Waals surface area contributed by atoms with E-state index >= 15 is 0 Å². The number of carbonyl (C=O) groups excluding carboxylic acids is 3. The number of rotatable bonds is 20. The van der Waals surface area contributed by atoms with Crippen molar-refractivity contribution in [2.75, 3.05) is 107 Å². The van der Waals surface area contributed by atoms with Crippen molar-refractivity contribution in [3.05, 3.63) is 216 Å². The highest BCUT2D eigenvalue weighted by Crippen LogP contribution is 2.32. The van der Waals surface area contributed by atoms with Crippen LogP contribution in [0.15, 0.2) is 209 Å². The van der Waals surface area contributed by atoms with Gasteiger partial charge < -0.3 is 44.0 Å². The molecule has 3 amide bonds. The number of halogens is 4. The highest BCUT2D eigenvalue weighted by Gasteiger charge is 2.33. The van der Waals surface area contributed by atoms with Crippen LogP contribution in [0.1, 0.15) is 43.3 Å². The van der Waals surface area contributed by atoms with Gasteiger partial charge in [-0.3, -0.25) is 28.5 Å². The van der Waals surface area contributed by atoms with Crippen LogP contribution in [0.25, 0.3) is 0 Å². The number of hydrogen-bond acceptors (Lipinski definition) is 21. The fourth-order valence-electron chi connectivity index (χ4n) is 12.0. The van der Waals surface area contributed by atoms with Gasteiger partial charge >= 0.3 is 6.36 Å². The van der Waals surface area contributed by atoms with E-state index < -0.39 is 48.6 Å². The summed E-state index contributed by atoms with van der Waals surface area (Å²) in [5, 5.41) is 12.9. The molecule has 3 aromatic heterocycles. The molecule has 4 aliphatic rings. The molecule has 9 aromatic rings. The average Bonchev–Trinajstić information content (AvgIpc) is 1.09. The summed E-state index contributed by atoms with van der Waals surface area (Å²) in [5.74, 6) is 0.259. The maximum atomic E-state index is 12.9. The summed E-state index contributed by atoms with van der Waals surface area (Å²) in [6, 6.07) is 42.7. The SMILES string of the molecule is CC(Oc1ccc(OC(F)(F)F)cc1)C(=O)N1CCN(c2ccc(S(=O)(=O)Nc3ccncn3)cc2)CC1.O=C(CC1Cc2ccccc2C1)N1CCN(c2ccc(S(=O)(=O)Nc3ccncn3)cc2)CC1.O=C([C@H](O)c1cccc(Cl)c1)N1CCN(c2ccc(S(=O)(=O)Nc3nccs3)cc2)CC1.[HH].[HH].[HH].[HH].[HH]. The normalized spacial score (nSPS) is 15.6. The Morgan fingerprint density at radius 3 is 1.42 bits per heavy atom. The Morgan fingerprint density at radius 2 is 1.00 bits per heavy atom. The number of carbonyl (C=O) groups is 3. The molecule has 556 valence electrons. The minimum Gasteiger partial charge on any atom is -0.481 e. The highest BCUT2D eigenvalue weighted by atomic mass is 35.5. The van der Waals surface area contributed by atoms with E-state index in [4.69, 9.17) is 16.3 Å². The lowest BCUT2D eigenvalue weighted by molar-refractivity contribution is -0.274. The van der Waals surface area contributed by atoms with Gasteiger partial charge in [-0.05, 0) is 164 Å². The van der Waals surface area contributed by atoms with Gasteiger partial charge in [0.15, 0.2) is 17.3 Å². The largest absolute Gasteiger partial charge is 0.573 e. The number of fused-ring (bicyclic) bond motifs is 1. The van der Waals surface area contributed by atoms with Crippen molar-refractivity contribution in [2.45, 2.75) is 59.4 Å². The molecule has 3 saturated heterocycles. The van der Waals surface area contributed by atoms with Gasteiger partial charge in [0.1, 0.15) is 35.8 Å². The molecule has 3 aliphatic heterocycles. The molecule has 0 saturated carbocycles. The van der Waals surface area contributed by atoms with Gasteiger partial charge in [0, 0.05) is 138 Å². The number of nitrogens with zero attached hydrogens (tertiary/aromatic N) is 11. The van der Waals surface area contributed by atoms with Crippen LogP contribution < -0.4 is 38.3 Å². The number of sulfonamides is 3. The van der Waals surface area contributed by atoms with Gasteiger partial charge in [-0.2, -0.15) is 0 Å². The minimum absolute atomic E-state index is 0. The molecule has 1 aliphatic carbocycles. The molecule has 26 nitrogen and oxygen atoms in total. The van der Waals surface area contributed by atoms with Gasteiger partial charge in [0.25, 0.3) is 41.9 Å². The first-order chi connectivity index (χ1) is 49.8. The van der Waals surface area contributed by atoms with Crippen LogP contribution in [-0.2, 0) is 57.3 Å². The number of nitrogens with one attached hydrogen (secondary N) is 3. The number of benzene rings is 6. The number of aromatic nitrogens is 5. The van der Waals surface area contributed by atoms with Gasteiger partial charge in [-0.25, -0.2) is 50.2 Å². The van der Waals surface area contributed by atoms with E-state index in [2.05, 4.69) is 77.9 Å². The van der Waals surface area contributed by atoms with E-state index in [9.17, 15) is 57.9 Å². The number of amides is 3. The molecule has 0 radical (unpaired) electrons. The zero-order chi connectivity index (χ0) is 73.6. The van der Waals surface area contributed by atoms with Crippen LogP contribution >= 0.6 is 22.9 Å². The van der Waals surface area contributed by atoms with Gasteiger partial charge in [0.05, 0.1) is 14.7 Å². The first kappa shape index (κ1) is 75.0. The smallest absolute Gasteiger partial charge is 0.481 e. The molecule has 104 heavy (non-hydrogen) atoms. The molecule has 3 fully saturated rings. The summed E-state index contributed by atoms with van der Waals surface area (Å²) in [6.07, 6.45) is 2.66. The second-order valence-electron chi connectivity index (χ2n) is 24.3. The molecule has 13 rings (SSSR count). The van der Waals surface area contributed by atoms with E-state index in [1.165, 1.54) is 90.1 Å². The monoisotopic (exact) mass is 1530 g/mol. The summed E-state index contributed by atoms with van der Waals surface area (Å²) in [7, 11) is -11.2. The summed E-state index contributed by atoms with van der Waals surface area (Å²) >= 11 is 7.16. The summed E-state index contributed by atoms with van der Waals surface area (Å²) in [4.78, 5) is 69.5. The lowest BCUT2D eigenvalue weighted by Gasteiger charge is -2.37. The Kier molecular flexibility index (Phi) is 24.2. The van der Waals surface area contributed by atoms with Crippen molar-refractivity contribution in [3.8, 4) is 11.5 Å². The van der Waals surface area contributed by atoms with Crippen LogP contribution in [0.2, 0.25) is 5.02 Å². The van der Waals surface area contributed by atoms with Gasteiger partial charge in [0.2, 0.25) is 5.91 Å². The van der Waals surface area contributed by atoms with E-state index in [1.54, 1.807) is 94.9 Å². The first-order valence-electron chi connectivity index (χ1n) is 32.7. The van der Waals surface area contributed by atoms with E-state index in [-0.39, 0.29) is 62.7 Å². The molecule has 1 unspecified atom stereocenters. The van der Waals surface area contributed by atoms with Crippen LogP contribution in [0.4, 0.5) is 47.0 Å². The molecule has 0 spiro atoms. The lowest BCUT2D eigenvalue weighted by Crippen LogP contribution is -2.52. The number of aliphatic hydroxyl groups is 1. The van der Waals surface area contributed by atoms with Crippen molar-refractivity contribution < 1.29 is 74.5 Å². The maximum Gasteiger partial charge on any atom is 0.573 e. The quantitative estimate of drug-likeness (QED) is 0.0551. The fourth-order valence-corrected chi connectivity index (χ4v) is 16.0. The van der Waals surface area contributed by atoms with Crippen LogP contribution in [-0.4, -0.2) is 179 Å². The Labute approximate surface area is 615 Å². The summed E-state index contributed by atoms with van der Waals surface area (Å²) in [6.45, 7) is 8.27. The third kappa shape index (κ3) is 20.2. The minimum atomic E-state index is -4.79. The van der Waals surface area contributed by atoms with Crippen molar-refractivity contribution in [3.63, 3.8) is 0 Å². The van der Waals surface area contributed by atoms with Gasteiger partial charge in [-0.1, -0.05) is 48.0 Å². The number of thiazole rings is 1. The average molecular weight is 1530 g/mol. The standard InChI is InChI=1S/C25H27N5O3S.C24H24F3N5O5S.C21H21ClN4O4S2.5H2/c31-25(17-19-15-20-3-1-2-4-21(20)16-19)30-13-11-29(12-14-30)22-5-7-23(8-6-22)34(32,33)28-24-9-10-26-18-27-24;1-17(36-19-4-6-20(7-5-19)37-24(25,26)27)23(33)32-14-12-31(13-15-32)18-2-8-21(9-3-18)38(34,35)30-22-10-11-28-16-29-22;22-16-3-1-2-15(14-16)19(27)20(28)26-11-9-25(10-12-26)17-4-6-18(7-5-17)32(29,30)24-21-23-8-13-31-21;;;;;/h1-10,18-19H,11-17H2,(H,26,27,28);2-11,16-17H,12-15H2,1H3,(H,28,29,30);1-8,13-14,19,27H,9-12H2,(H,23,24);5*1H/t;;19-;;;;;/m..1...../s1. The number of hydrogen-bond donors (Lipinski definition) is 4. The highest BCUT2D eigenvalue weighted by molar-refractivity contribution is 7.93. The molecule has 4 N–H and O–H groups in total. The number of alkyl halides is 3. The maximum absolute atomic E-state index is 12.9.